The number of fused-ring (bicyclic) bond motifs is 1. The number of carbonyl (C=O) groups excluding carboxylic acids is 2. The molecule has 3 rings (SSSR count). The molecule has 27 heavy (non-hydrogen) atoms. The van der Waals surface area contributed by atoms with E-state index >= 15 is 0 Å². The zero-order valence-electron chi connectivity index (χ0n) is 15.4. The quantitative estimate of drug-likeness (QED) is 0.640. The first-order valence-electron chi connectivity index (χ1n) is 8.98. The number of esters is 1. The Balaban J connectivity index is 1.80. The first kappa shape index (κ1) is 18.6. The number of pyridine rings is 1. The molecule has 2 aromatic heterocycles. The molecule has 0 aliphatic carbocycles. The Labute approximate surface area is 157 Å². The Kier molecular flexibility index (Phi) is 5.86. The van der Waals surface area contributed by atoms with Crippen LogP contribution in [0.2, 0.25) is 0 Å². The molecule has 0 radical (unpaired) electrons. The molecule has 1 aromatic carbocycles. The Hall–Kier alpha value is -3.15. The van der Waals surface area contributed by atoms with Gasteiger partial charge in [-0.2, -0.15) is 0 Å². The number of hydrogen-bond acceptors (Lipinski definition) is 5. The third-order valence-corrected chi connectivity index (χ3v) is 4.17. The summed E-state index contributed by atoms with van der Waals surface area (Å²) in [4.78, 5) is 29.1. The van der Waals surface area contributed by atoms with E-state index in [0.29, 0.717) is 27.9 Å². The van der Waals surface area contributed by atoms with E-state index in [4.69, 9.17) is 9.15 Å². The van der Waals surface area contributed by atoms with Gasteiger partial charge < -0.3 is 14.5 Å². The van der Waals surface area contributed by atoms with Crippen LogP contribution in [0.3, 0.4) is 0 Å². The first-order chi connectivity index (χ1) is 13.1. The Morgan fingerprint density at radius 1 is 1.22 bits per heavy atom. The van der Waals surface area contributed by atoms with Gasteiger partial charge in [0.25, 0.3) is 5.91 Å². The van der Waals surface area contributed by atoms with Gasteiger partial charge in [-0.15, -0.1) is 0 Å². The lowest BCUT2D eigenvalue weighted by molar-refractivity contribution is -0.124. The van der Waals surface area contributed by atoms with Gasteiger partial charge in [-0.3, -0.25) is 4.79 Å². The summed E-state index contributed by atoms with van der Waals surface area (Å²) in [5, 5.41) is 3.48. The maximum Gasteiger partial charge on any atom is 0.339 e. The number of ether oxygens (including phenoxy) is 1. The van der Waals surface area contributed by atoms with Crippen molar-refractivity contribution in [3.63, 3.8) is 0 Å². The number of furan rings is 1. The van der Waals surface area contributed by atoms with Crippen molar-refractivity contribution in [1.82, 2.24) is 10.3 Å². The largest absolute Gasteiger partial charge is 0.463 e. The highest BCUT2D eigenvalue weighted by atomic mass is 16.5. The highest BCUT2D eigenvalue weighted by Crippen LogP contribution is 2.25. The van der Waals surface area contributed by atoms with Crippen LogP contribution in [0, 0.1) is 0 Å². The highest BCUT2D eigenvalue weighted by Gasteiger charge is 2.17. The number of para-hydroxylation sites is 1. The molecule has 0 spiro atoms. The Morgan fingerprint density at radius 2 is 2.04 bits per heavy atom. The molecule has 6 nitrogen and oxygen atoms in total. The second kappa shape index (κ2) is 8.49. The van der Waals surface area contributed by atoms with E-state index in [2.05, 4.69) is 10.3 Å². The summed E-state index contributed by atoms with van der Waals surface area (Å²) in [5.74, 6) is -0.324. The van der Waals surface area contributed by atoms with Crippen molar-refractivity contribution in [1.29, 1.82) is 0 Å². The fraction of sp³-hybridized carbons (Fsp3) is 0.286. The zero-order valence-corrected chi connectivity index (χ0v) is 15.4. The number of carbonyl (C=O) groups is 2. The second-order valence-corrected chi connectivity index (χ2v) is 6.38. The van der Waals surface area contributed by atoms with Crippen LogP contribution < -0.4 is 5.32 Å². The van der Waals surface area contributed by atoms with Crippen LogP contribution >= 0.6 is 0 Å². The number of nitrogens with one attached hydrogen (secondary N) is 1. The average Bonchev–Trinajstić information content (AvgIpc) is 3.20. The topological polar surface area (TPSA) is 81.4 Å². The van der Waals surface area contributed by atoms with Crippen LogP contribution in [-0.4, -0.2) is 29.5 Å². The van der Waals surface area contributed by atoms with Crippen LogP contribution in [0.5, 0.6) is 0 Å². The van der Waals surface area contributed by atoms with E-state index in [1.807, 2.05) is 32.0 Å². The minimum Gasteiger partial charge on any atom is -0.463 e. The second-order valence-electron chi connectivity index (χ2n) is 6.38. The van der Waals surface area contributed by atoms with Gasteiger partial charge in [0.2, 0.25) is 0 Å². The summed E-state index contributed by atoms with van der Waals surface area (Å²) < 4.78 is 10.6. The van der Waals surface area contributed by atoms with Crippen molar-refractivity contribution in [2.75, 3.05) is 6.61 Å². The Morgan fingerprint density at radius 3 is 2.78 bits per heavy atom. The molecule has 6 heteroatoms. The summed E-state index contributed by atoms with van der Waals surface area (Å²) in [7, 11) is 0. The third-order valence-electron chi connectivity index (χ3n) is 4.17. The van der Waals surface area contributed by atoms with Gasteiger partial charge in [-0.25, -0.2) is 9.78 Å². The number of hydrogen-bond donors (Lipinski definition) is 1. The molecule has 3 aromatic rings. The van der Waals surface area contributed by atoms with E-state index in [-0.39, 0.29) is 18.6 Å². The first-order valence-corrected chi connectivity index (χ1v) is 8.98. The highest BCUT2D eigenvalue weighted by molar-refractivity contribution is 6.05. The molecule has 0 unspecified atom stereocenters. The lowest BCUT2D eigenvalue weighted by Gasteiger charge is -2.13. The number of benzene rings is 1. The molecule has 0 aliphatic rings. The van der Waals surface area contributed by atoms with E-state index in [1.54, 1.807) is 30.5 Å². The fourth-order valence-corrected chi connectivity index (χ4v) is 2.93. The molecule has 0 aliphatic heterocycles. The summed E-state index contributed by atoms with van der Waals surface area (Å²) in [5.41, 5.74) is 1.53. The predicted molar refractivity (Wildman–Crippen MR) is 102 cm³/mol. The number of aromatic nitrogens is 1. The van der Waals surface area contributed by atoms with Gasteiger partial charge in [0.15, 0.2) is 12.4 Å². The standard InChI is InChI=1S/C21H22N2O4/c1-3-7-14(2)22-20(24)13-27-21(25)16-12-18(19-10-6-11-26-19)23-17-9-5-4-8-15(16)17/h4-6,8-12,14H,3,7,13H2,1-2H3,(H,22,24)/t14-/m0/s1. The third kappa shape index (κ3) is 4.53. The van der Waals surface area contributed by atoms with Gasteiger partial charge in [0.1, 0.15) is 5.69 Å². The molecule has 0 fully saturated rings. The molecule has 0 saturated carbocycles. The fourth-order valence-electron chi connectivity index (χ4n) is 2.93. The van der Waals surface area contributed by atoms with Gasteiger partial charge >= 0.3 is 5.97 Å². The minimum atomic E-state index is -0.570. The van der Waals surface area contributed by atoms with Gasteiger partial charge in [-0.1, -0.05) is 31.5 Å². The van der Waals surface area contributed by atoms with E-state index in [0.717, 1.165) is 12.8 Å². The van der Waals surface area contributed by atoms with Crippen molar-refractivity contribution >= 4 is 22.8 Å². The summed E-state index contributed by atoms with van der Waals surface area (Å²) in [6.07, 6.45) is 3.40. The van der Waals surface area contributed by atoms with Gasteiger partial charge in [-0.05, 0) is 37.6 Å². The van der Waals surface area contributed by atoms with E-state index < -0.39 is 5.97 Å². The smallest absolute Gasteiger partial charge is 0.339 e. The van der Waals surface area contributed by atoms with E-state index in [1.165, 1.54) is 0 Å². The predicted octanol–water partition coefficient (Wildman–Crippen LogP) is 3.96. The summed E-state index contributed by atoms with van der Waals surface area (Å²) in [6.45, 7) is 3.66. The van der Waals surface area contributed by atoms with Crippen molar-refractivity contribution in [3.8, 4) is 11.5 Å². The molecular weight excluding hydrogens is 344 g/mol. The Bertz CT molecular complexity index is 935. The maximum absolute atomic E-state index is 12.6. The number of amides is 1. The summed E-state index contributed by atoms with van der Waals surface area (Å²) in [6, 6.07) is 12.5. The van der Waals surface area contributed by atoms with Gasteiger partial charge in [0, 0.05) is 11.4 Å². The lowest BCUT2D eigenvalue weighted by atomic mass is 10.1. The molecule has 0 bridgehead atoms. The summed E-state index contributed by atoms with van der Waals surface area (Å²) >= 11 is 0. The van der Waals surface area contributed by atoms with Crippen LogP contribution in [0.4, 0.5) is 0 Å². The van der Waals surface area contributed by atoms with Gasteiger partial charge in [0.05, 0.1) is 17.3 Å². The molecule has 1 amide bonds. The average molecular weight is 366 g/mol. The number of nitrogens with zero attached hydrogens (tertiary/aromatic N) is 1. The van der Waals surface area contributed by atoms with Crippen LogP contribution in [0.15, 0.2) is 53.1 Å². The molecular formula is C21H22N2O4. The van der Waals surface area contributed by atoms with Crippen LogP contribution in [0.1, 0.15) is 37.0 Å². The maximum atomic E-state index is 12.6. The molecule has 140 valence electrons. The van der Waals surface area contributed by atoms with Crippen molar-refractivity contribution < 1.29 is 18.7 Å². The minimum absolute atomic E-state index is 0.0495. The molecule has 2 heterocycles. The van der Waals surface area contributed by atoms with Crippen molar-refractivity contribution in [3.05, 3.63) is 54.3 Å². The zero-order chi connectivity index (χ0) is 19.2. The SMILES string of the molecule is CCC[C@H](C)NC(=O)COC(=O)c1cc(-c2ccco2)nc2ccccc12. The monoisotopic (exact) mass is 366 g/mol. The van der Waals surface area contributed by atoms with E-state index in [9.17, 15) is 9.59 Å². The lowest BCUT2D eigenvalue weighted by Crippen LogP contribution is -2.35. The van der Waals surface area contributed by atoms with Crippen molar-refractivity contribution in [2.45, 2.75) is 32.7 Å². The molecule has 1 N–H and O–H groups in total. The van der Waals surface area contributed by atoms with Crippen LogP contribution in [0.25, 0.3) is 22.4 Å². The number of rotatable bonds is 7. The van der Waals surface area contributed by atoms with Crippen molar-refractivity contribution in [2.24, 2.45) is 0 Å². The molecule has 0 saturated heterocycles. The normalized spacial score (nSPS) is 11.9. The van der Waals surface area contributed by atoms with Crippen LogP contribution in [-0.2, 0) is 9.53 Å². The molecule has 1 atom stereocenters.